The zero-order valence-electron chi connectivity index (χ0n) is 33.5. The monoisotopic (exact) mass is 774 g/mol. The van der Waals surface area contributed by atoms with Crippen molar-refractivity contribution in [3.63, 3.8) is 0 Å². The fourth-order valence-electron chi connectivity index (χ4n) is 7.09. The maximum absolute atomic E-state index is 10.1. The van der Waals surface area contributed by atoms with Gasteiger partial charge < -0.3 is 9.47 Å². The molecule has 0 amide bonds. The topological polar surface area (TPSA) is 66.0 Å². The van der Waals surface area contributed by atoms with Gasteiger partial charge in [-0.1, -0.05) is 194 Å². The van der Waals surface area contributed by atoms with Crippen molar-refractivity contribution < 1.29 is 9.47 Å². The summed E-state index contributed by atoms with van der Waals surface area (Å²) in [4.78, 5) is 0. The molecule has 0 fully saturated rings. The third-order valence-corrected chi connectivity index (χ3v) is 10.2. The molecule has 0 saturated carbocycles. The minimum Gasteiger partial charge on any atom is -0.497 e. The SMILES string of the molecule is COc1ccc(-c2ccc(C(C#N)=C(c3ccccc3)c3ccccc3)cc2)cc1.COc1ccc(-c2ccc(C(C#N)=C(c3ccccc3)c3ccccc3)cc2)cc1. The first-order valence-electron chi connectivity index (χ1n) is 19.6. The van der Waals surface area contributed by atoms with E-state index in [1.165, 1.54) is 0 Å². The van der Waals surface area contributed by atoms with Gasteiger partial charge in [-0.15, -0.1) is 0 Å². The zero-order chi connectivity index (χ0) is 41.5. The summed E-state index contributed by atoms with van der Waals surface area (Å²) in [6.45, 7) is 0. The van der Waals surface area contributed by atoms with Crippen LogP contribution in [0.3, 0.4) is 0 Å². The molecule has 288 valence electrons. The number of ether oxygens (including phenoxy) is 2. The first-order valence-corrected chi connectivity index (χ1v) is 19.6. The molecule has 0 aliphatic heterocycles. The van der Waals surface area contributed by atoms with Gasteiger partial charge in [0.15, 0.2) is 0 Å². The van der Waals surface area contributed by atoms with Crippen molar-refractivity contribution in [3.05, 3.63) is 252 Å². The number of hydrogen-bond donors (Lipinski definition) is 0. The third kappa shape index (κ3) is 9.50. The highest BCUT2D eigenvalue weighted by atomic mass is 16.5. The second-order valence-electron chi connectivity index (χ2n) is 13.8. The van der Waals surface area contributed by atoms with Crippen LogP contribution in [0.5, 0.6) is 11.5 Å². The molecule has 0 N–H and O–H groups in total. The third-order valence-electron chi connectivity index (χ3n) is 10.2. The summed E-state index contributed by atoms with van der Waals surface area (Å²) in [6, 6.07) is 77.5. The fraction of sp³-hybridized carbons (Fsp3) is 0.0357. The molecule has 0 atom stereocenters. The van der Waals surface area contributed by atoms with E-state index in [0.717, 1.165) is 78.3 Å². The lowest BCUT2D eigenvalue weighted by Crippen LogP contribution is -1.94. The molecule has 0 unspecified atom stereocenters. The molecule has 0 spiro atoms. The molecule has 8 aromatic rings. The summed E-state index contributed by atoms with van der Waals surface area (Å²) in [5.74, 6) is 1.67. The molecule has 0 aliphatic carbocycles. The van der Waals surface area contributed by atoms with E-state index in [0.29, 0.717) is 11.1 Å². The Balaban J connectivity index is 0.000000181. The van der Waals surface area contributed by atoms with E-state index in [4.69, 9.17) is 9.47 Å². The van der Waals surface area contributed by atoms with Gasteiger partial charge in [-0.2, -0.15) is 10.5 Å². The molecule has 0 heterocycles. The largest absolute Gasteiger partial charge is 0.497 e. The van der Waals surface area contributed by atoms with E-state index in [2.05, 4.69) is 36.4 Å². The van der Waals surface area contributed by atoms with Gasteiger partial charge in [-0.3, -0.25) is 0 Å². The maximum Gasteiger partial charge on any atom is 0.118 e. The molecule has 4 heteroatoms. The van der Waals surface area contributed by atoms with Crippen LogP contribution >= 0.6 is 0 Å². The van der Waals surface area contributed by atoms with Crippen molar-refractivity contribution in [2.24, 2.45) is 0 Å². The summed E-state index contributed by atoms with van der Waals surface area (Å²) in [5.41, 5.74) is 13.5. The molecule has 0 saturated heterocycles. The number of hydrogen-bond acceptors (Lipinski definition) is 4. The Hall–Kier alpha value is -8.18. The number of benzene rings is 8. The van der Waals surface area contributed by atoms with Crippen LogP contribution in [-0.2, 0) is 0 Å². The van der Waals surface area contributed by atoms with Crippen LogP contribution in [0, 0.1) is 22.7 Å². The normalized spacial score (nSPS) is 10.1. The fourth-order valence-corrected chi connectivity index (χ4v) is 7.09. The standard InChI is InChI=1S/2C28H21NO/c2*1-30-26-18-16-22(17-19-26)21-12-14-23(15-13-21)27(20-29)28(24-8-4-2-5-9-24)25-10-6-3-7-11-25/h2*2-19H,1H3. The Morgan fingerprint density at radius 2 is 0.533 bits per heavy atom. The number of nitriles is 2. The van der Waals surface area contributed by atoms with Gasteiger partial charge in [-0.05, 0) is 79.9 Å². The highest BCUT2D eigenvalue weighted by molar-refractivity contribution is 6.04. The number of nitrogens with zero attached hydrogens (tertiary/aromatic N) is 2. The van der Waals surface area contributed by atoms with E-state index in [1.807, 2.05) is 194 Å². The highest BCUT2D eigenvalue weighted by Gasteiger charge is 2.16. The van der Waals surface area contributed by atoms with Crippen LogP contribution in [0.15, 0.2) is 218 Å². The lowest BCUT2D eigenvalue weighted by Gasteiger charge is -2.13. The predicted molar refractivity (Wildman–Crippen MR) is 246 cm³/mol. The van der Waals surface area contributed by atoms with Gasteiger partial charge in [0, 0.05) is 11.1 Å². The van der Waals surface area contributed by atoms with Crippen LogP contribution in [0.1, 0.15) is 33.4 Å². The molecule has 8 aromatic carbocycles. The zero-order valence-corrected chi connectivity index (χ0v) is 33.5. The second kappa shape index (κ2) is 19.8. The lowest BCUT2D eigenvalue weighted by atomic mass is 9.89. The summed E-state index contributed by atoms with van der Waals surface area (Å²) >= 11 is 0. The van der Waals surface area contributed by atoms with Crippen molar-refractivity contribution in [2.45, 2.75) is 0 Å². The van der Waals surface area contributed by atoms with Crippen molar-refractivity contribution in [1.29, 1.82) is 10.5 Å². The van der Waals surface area contributed by atoms with Gasteiger partial charge in [-0.25, -0.2) is 0 Å². The van der Waals surface area contributed by atoms with Crippen LogP contribution in [0.2, 0.25) is 0 Å². The molecule has 0 aliphatic rings. The molecular formula is C56H42N2O2. The molecule has 4 nitrogen and oxygen atoms in total. The van der Waals surface area contributed by atoms with Crippen LogP contribution in [0.4, 0.5) is 0 Å². The Bertz CT molecular complexity index is 2480. The van der Waals surface area contributed by atoms with Crippen molar-refractivity contribution in [2.75, 3.05) is 14.2 Å². The maximum atomic E-state index is 10.1. The minimum atomic E-state index is 0.661. The molecule has 0 radical (unpaired) electrons. The average molecular weight is 775 g/mol. The highest BCUT2D eigenvalue weighted by Crippen LogP contribution is 2.35. The van der Waals surface area contributed by atoms with Gasteiger partial charge in [0.2, 0.25) is 0 Å². The summed E-state index contributed by atoms with van der Waals surface area (Å²) in [5, 5.41) is 20.2. The van der Waals surface area contributed by atoms with E-state index >= 15 is 0 Å². The lowest BCUT2D eigenvalue weighted by molar-refractivity contribution is 0.415. The number of methoxy groups -OCH3 is 2. The summed E-state index contributed by atoms with van der Waals surface area (Å²) in [7, 11) is 3.33. The van der Waals surface area contributed by atoms with Crippen molar-refractivity contribution in [1.82, 2.24) is 0 Å². The Morgan fingerprint density at radius 1 is 0.300 bits per heavy atom. The summed E-state index contributed by atoms with van der Waals surface area (Å²) < 4.78 is 10.5. The number of allylic oxidation sites excluding steroid dienone is 2. The van der Waals surface area contributed by atoms with E-state index in [9.17, 15) is 10.5 Å². The average Bonchev–Trinajstić information content (AvgIpc) is 3.34. The van der Waals surface area contributed by atoms with Gasteiger partial charge in [0.25, 0.3) is 0 Å². The number of rotatable bonds is 10. The molecule has 8 rings (SSSR count). The van der Waals surface area contributed by atoms with Crippen LogP contribution in [-0.4, -0.2) is 14.2 Å². The van der Waals surface area contributed by atoms with Gasteiger partial charge in [0.05, 0.1) is 25.4 Å². The first-order chi connectivity index (χ1) is 29.6. The van der Waals surface area contributed by atoms with Crippen LogP contribution in [0.25, 0.3) is 44.5 Å². The quantitative estimate of drug-likeness (QED) is 0.103. The van der Waals surface area contributed by atoms with Crippen molar-refractivity contribution >= 4 is 22.3 Å². The molecule has 0 aromatic heterocycles. The van der Waals surface area contributed by atoms with E-state index in [-0.39, 0.29) is 0 Å². The van der Waals surface area contributed by atoms with E-state index in [1.54, 1.807) is 14.2 Å². The van der Waals surface area contributed by atoms with E-state index < -0.39 is 0 Å². The Kier molecular flexibility index (Phi) is 13.2. The van der Waals surface area contributed by atoms with Gasteiger partial charge >= 0.3 is 0 Å². The molecular weight excluding hydrogens is 733 g/mol. The van der Waals surface area contributed by atoms with Crippen LogP contribution < -0.4 is 9.47 Å². The van der Waals surface area contributed by atoms with Gasteiger partial charge in [0.1, 0.15) is 23.6 Å². The minimum absolute atomic E-state index is 0.661. The molecule has 0 bridgehead atoms. The second-order valence-corrected chi connectivity index (χ2v) is 13.8. The summed E-state index contributed by atoms with van der Waals surface area (Å²) in [6.07, 6.45) is 0. The Morgan fingerprint density at radius 3 is 0.750 bits per heavy atom. The predicted octanol–water partition coefficient (Wildman–Crippen LogP) is 13.7. The van der Waals surface area contributed by atoms with Crippen molar-refractivity contribution in [3.8, 4) is 45.9 Å². The Labute approximate surface area is 352 Å². The smallest absolute Gasteiger partial charge is 0.118 e. The first kappa shape index (κ1) is 40.0. The molecule has 60 heavy (non-hydrogen) atoms.